The van der Waals surface area contributed by atoms with Crippen LogP contribution >= 0.6 is 22.9 Å². The zero-order valence-corrected chi connectivity index (χ0v) is 15.3. The first kappa shape index (κ1) is 16.7. The number of halogens is 1. The summed E-state index contributed by atoms with van der Waals surface area (Å²) in [5.74, 6) is -0.0869. The summed E-state index contributed by atoms with van der Waals surface area (Å²) in [5, 5.41) is 6.53. The van der Waals surface area contributed by atoms with E-state index in [0.29, 0.717) is 17.1 Å². The number of rotatable bonds is 4. The van der Waals surface area contributed by atoms with Crippen LogP contribution in [0.3, 0.4) is 0 Å². The van der Waals surface area contributed by atoms with E-state index in [1.165, 1.54) is 0 Å². The van der Waals surface area contributed by atoms with Gasteiger partial charge in [-0.05, 0) is 51.1 Å². The van der Waals surface area contributed by atoms with E-state index < -0.39 is 0 Å². The van der Waals surface area contributed by atoms with Crippen molar-refractivity contribution in [1.82, 2.24) is 14.9 Å². The van der Waals surface area contributed by atoms with Crippen LogP contribution in [0, 0.1) is 20.8 Å². The second kappa shape index (κ2) is 6.79. The van der Waals surface area contributed by atoms with Crippen LogP contribution in [-0.4, -0.2) is 15.5 Å². The molecule has 0 aliphatic heterocycles. The summed E-state index contributed by atoms with van der Waals surface area (Å²) in [7, 11) is 0. The van der Waals surface area contributed by atoms with Crippen LogP contribution in [0.15, 0.2) is 35.7 Å². The van der Waals surface area contributed by atoms with Gasteiger partial charge in [-0.15, -0.1) is 11.3 Å². The minimum absolute atomic E-state index is 0.0869. The molecule has 24 heavy (non-hydrogen) atoms. The molecule has 0 atom stereocenters. The fourth-order valence-electron chi connectivity index (χ4n) is 2.72. The minimum atomic E-state index is -0.0869. The number of thiazole rings is 1. The number of hydrogen-bond donors (Lipinski definition) is 1. The zero-order valence-electron chi connectivity index (χ0n) is 13.8. The molecule has 2 aromatic heterocycles. The molecule has 2 heterocycles. The Morgan fingerprint density at radius 3 is 2.58 bits per heavy atom. The maximum Gasteiger partial charge on any atom is 0.253 e. The molecule has 6 heteroatoms. The van der Waals surface area contributed by atoms with Crippen LogP contribution in [0.1, 0.15) is 32.4 Å². The van der Waals surface area contributed by atoms with Crippen molar-refractivity contribution in [2.45, 2.75) is 27.3 Å². The molecule has 0 fully saturated rings. The first-order valence-electron chi connectivity index (χ1n) is 7.60. The second-order valence-corrected chi connectivity index (χ2v) is 7.04. The summed E-state index contributed by atoms with van der Waals surface area (Å²) in [6.07, 6.45) is 0. The Balaban J connectivity index is 1.82. The third-order valence-electron chi connectivity index (χ3n) is 3.83. The van der Waals surface area contributed by atoms with E-state index in [0.717, 1.165) is 27.8 Å². The molecule has 0 saturated heterocycles. The summed E-state index contributed by atoms with van der Waals surface area (Å²) >= 11 is 7.51. The van der Waals surface area contributed by atoms with E-state index in [-0.39, 0.29) is 5.91 Å². The fraction of sp³-hybridized carbons (Fsp3) is 0.222. The van der Waals surface area contributed by atoms with E-state index in [1.54, 1.807) is 11.3 Å². The van der Waals surface area contributed by atoms with Gasteiger partial charge in [0.25, 0.3) is 5.91 Å². The molecule has 1 amide bonds. The number of carbonyl (C=O) groups is 1. The Bertz CT molecular complexity index is 880. The predicted octanol–water partition coefficient (Wildman–Crippen LogP) is 4.44. The van der Waals surface area contributed by atoms with Gasteiger partial charge in [0, 0.05) is 33.2 Å². The van der Waals surface area contributed by atoms with Crippen molar-refractivity contribution in [2.75, 3.05) is 0 Å². The van der Waals surface area contributed by atoms with Crippen LogP contribution in [0.4, 0.5) is 0 Å². The lowest BCUT2D eigenvalue weighted by molar-refractivity contribution is 0.0950. The number of aryl methyl sites for hydroxylation is 2. The Kier molecular flexibility index (Phi) is 4.73. The molecule has 0 saturated carbocycles. The van der Waals surface area contributed by atoms with Gasteiger partial charge in [0.1, 0.15) is 5.01 Å². The Hall–Kier alpha value is -2.11. The highest BCUT2D eigenvalue weighted by molar-refractivity contribution is 7.09. The Morgan fingerprint density at radius 2 is 1.96 bits per heavy atom. The number of carbonyl (C=O) groups excluding carboxylic acids is 1. The Morgan fingerprint density at radius 1 is 1.25 bits per heavy atom. The van der Waals surface area contributed by atoms with Gasteiger partial charge in [-0.25, -0.2) is 4.98 Å². The third kappa shape index (κ3) is 3.37. The molecule has 0 bridgehead atoms. The van der Waals surface area contributed by atoms with Crippen LogP contribution in [-0.2, 0) is 6.54 Å². The maximum absolute atomic E-state index is 12.5. The fourth-order valence-corrected chi connectivity index (χ4v) is 3.55. The molecule has 3 rings (SSSR count). The molecule has 0 spiro atoms. The highest BCUT2D eigenvalue weighted by Crippen LogP contribution is 2.22. The number of nitrogens with zero attached hydrogens (tertiary/aromatic N) is 2. The molecule has 3 aromatic rings. The van der Waals surface area contributed by atoms with Crippen LogP contribution in [0.2, 0.25) is 5.02 Å². The summed E-state index contributed by atoms with van der Waals surface area (Å²) in [6, 6.07) is 9.50. The van der Waals surface area contributed by atoms with Crippen LogP contribution in [0.25, 0.3) is 5.69 Å². The van der Waals surface area contributed by atoms with Gasteiger partial charge in [-0.2, -0.15) is 0 Å². The lowest BCUT2D eigenvalue weighted by atomic mass is 10.2. The molecule has 0 aliphatic carbocycles. The lowest BCUT2D eigenvalue weighted by Gasteiger charge is -2.10. The predicted molar refractivity (Wildman–Crippen MR) is 98.3 cm³/mol. The quantitative estimate of drug-likeness (QED) is 0.748. The molecule has 4 nitrogen and oxygen atoms in total. The van der Waals surface area contributed by atoms with Crippen LogP contribution < -0.4 is 5.32 Å². The van der Waals surface area contributed by atoms with Crippen LogP contribution in [0.5, 0.6) is 0 Å². The largest absolute Gasteiger partial charge is 0.345 e. The number of hydrogen-bond acceptors (Lipinski definition) is 3. The second-order valence-electron chi connectivity index (χ2n) is 5.66. The highest BCUT2D eigenvalue weighted by Gasteiger charge is 2.16. The number of amides is 1. The summed E-state index contributed by atoms with van der Waals surface area (Å²) in [4.78, 5) is 16.9. The zero-order chi connectivity index (χ0) is 17.3. The van der Waals surface area contributed by atoms with Crippen molar-refractivity contribution in [3.05, 3.63) is 68.4 Å². The van der Waals surface area contributed by atoms with Crippen molar-refractivity contribution in [1.29, 1.82) is 0 Å². The molecule has 124 valence electrons. The average molecular weight is 360 g/mol. The first-order chi connectivity index (χ1) is 11.5. The summed E-state index contributed by atoms with van der Waals surface area (Å²) in [6.45, 7) is 6.33. The summed E-state index contributed by atoms with van der Waals surface area (Å²) in [5.41, 5.74) is 4.55. The topological polar surface area (TPSA) is 46.9 Å². The van der Waals surface area contributed by atoms with Crippen molar-refractivity contribution < 1.29 is 4.79 Å². The molecule has 1 N–H and O–H groups in total. The lowest BCUT2D eigenvalue weighted by Crippen LogP contribution is -2.23. The van der Waals surface area contributed by atoms with E-state index >= 15 is 0 Å². The number of benzene rings is 1. The minimum Gasteiger partial charge on any atom is -0.345 e. The van der Waals surface area contributed by atoms with Crippen molar-refractivity contribution in [3.63, 3.8) is 0 Å². The Labute approximate surface area is 150 Å². The highest BCUT2D eigenvalue weighted by atomic mass is 35.5. The maximum atomic E-state index is 12.5. The van der Waals surface area contributed by atoms with Gasteiger partial charge < -0.3 is 9.88 Å². The van der Waals surface area contributed by atoms with E-state index in [4.69, 9.17) is 11.6 Å². The van der Waals surface area contributed by atoms with Gasteiger partial charge >= 0.3 is 0 Å². The number of aromatic nitrogens is 2. The molecule has 0 aliphatic rings. The van der Waals surface area contributed by atoms with Crippen molar-refractivity contribution in [2.24, 2.45) is 0 Å². The van der Waals surface area contributed by atoms with Gasteiger partial charge in [0.15, 0.2) is 0 Å². The van der Waals surface area contributed by atoms with Gasteiger partial charge in [0.2, 0.25) is 0 Å². The molecule has 0 unspecified atom stereocenters. The molecular formula is C18H18ClN3OS. The standard InChI is InChI=1S/C18H18ClN3OS/c1-11-10-24-17(21-11)9-20-18(23)16-8-12(2)22(13(16)3)15-6-4-14(19)5-7-15/h4-8,10H,9H2,1-3H3,(H,20,23). The number of nitrogens with one attached hydrogen (secondary N) is 1. The smallest absolute Gasteiger partial charge is 0.253 e. The summed E-state index contributed by atoms with van der Waals surface area (Å²) < 4.78 is 2.05. The monoisotopic (exact) mass is 359 g/mol. The normalized spacial score (nSPS) is 10.8. The molecule has 0 radical (unpaired) electrons. The van der Waals surface area contributed by atoms with Crippen molar-refractivity contribution >= 4 is 28.8 Å². The van der Waals surface area contributed by atoms with Gasteiger partial charge in [-0.3, -0.25) is 4.79 Å². The molecular weight excluding hydrogens is 342 g/mol. The van der Waals surface area contributed by atoms with Gasteiger partial charge in [0.05, 0.1) is 12.1 Å². The van der Waals surface area contributed by atoms with E-state index in [2.05, 4.69) is 14.9 Å². The third-order valence-corrected chi connectivity index (χ3v) is 5.05. The van der Waals surface area contributed by atoms with Gasteiger partial charge in [-0.1, -0.05) is 11.6 Å². The van der Waals surface area contributed by atoms with E-state index in [9.17, 15) is 4.79 Å². The SMILES string of the molecule is Cc1csc(CNC(=O)c2cc(C)n(-c3ccc(Cl)cc3)c2C)n1. The first-order valence-corrected chi connectivity index (χ1v) is 8.85. The van der Waals surface area contributed by atoms with E-state index in [1.807, 2.05) is 56.5 Å². The average Bonchev–Trinajstić information content (AvgIpc) is 3.09. The molecule has 1 aromatic carbocycles. The van der Waals surface area contributed by atoms with Crippen molar-refractivity contribution in [3.8, 4) is 5.69 Å².